The van der Waals surface area contributed by atoms with E-state index in [4.69, 9.17) is 23.7 Å². The van der Waals surface area contributed by atoms with E-state index in [1.165, 1.54) is 0 Å². The SMILES string of the molecule is COC1C(OCc2ccccc2)C(O)OC(COCc2ccccc2)C1OCc1ccccc1. The third-order valence-corrected chi connectivity index (χ3v) is 5.85. The van der Waals surface area contributed by atoms with Gasteiger partial charge in [-0.25, -0.2) is 0 Å². The first-order valence-corrected chi connectivity index (χ1v) is 11.5. The first-order chi connectivity index (χ1) is 16.7. The molecule has 0 bridgehead atoms. The second-order valence-corrected chi connectivity index (χ2v) is 8.29. The quantitative estimate of drug-likeness (QED) is 0.461. The van der Waals surface area contributed by atoms with Crippen molar-refractivity contribution in [2.75, 3.05) is 13.7 Å². The van der Waals surface area contributed by atoms with E-state index in [-0.39, 0.29) is 6.61 Å². The van der Waals surface area contributed by atoms with Crippen LogP contribution in [0.3, 0.4) is 0 Å². The number of methoxy groups -OCH3 is 1. The molecule has 1 N–H and O–H groups in total. The predicted octanol–water partition coefficient (Wildman–Crippen LogP) is 4.11. The van der Waals surface area contributed by atoms with Gasteiger partial charge in [0.05, 0.1) is 26.4 Å². The average Bonchev–Trinajstić information content (AvgIpc) is 2.89. The Morgan fingerprint density at radius 3 is 1.62 bits per heavy atom. The van der Waals surface area contributed by atoms with Gasteiger partial charge < -0.3 is 28.8 Å². The molecule has 0 spiro atoms. The van der Waals surface area contributed by atoms with Crippen molar-refractivity contribution in [3.8, 4) is 0 Å². The van der Waals surface area contributed by atoms with Crippen molar-refractivity contribution < 1.29 is 28.8 Å². The van der Waals surface area contributed by atoms with E-state index in [9.17, 15) is 5.11 Å². The minimum Gasteiger partial charge on any atom is -0.376 e. The molecule has 5 unspecified atom stereocenters. The third kappa shape index (κ3) is 6.73. The summed E-state index contributed by atoms with van der Waals surface area (Å²) in [5.41, 5.74) is 3.10. The summed E-state index contributed by atoms with van der Waals surface area (Å²) >= 11 is 0. The zero-order valence-corrected chi connectivity index (χ0v) is 19.4. The second kappa shape index (κ2) is 12.8. The van der Waals surface area contributed by atoms with Crippen LogP contribution in [0.15, 0.2) is 91.0 Å². The standard InChI is InChI=1S/C28H32O6/c1-30-26-25(32-18-22-13-7-3-8-14-22)24(20-31-17-21-11-5-2-6-12-21)34-28(29)27(26)33-19-23-15-9-4-10-16-23/h2-16,24-29H,17-20H2,1H3. The van der Waals surface area contributed by atoms with Crippen molar-refractivity contribution in [1.82, 2.24) is 0 Å². The molecule has 3 aromatic rings. The van der Waals surface area contributed by atoms with Gasteiger partial charge in [-0.2, -0.15) is 0 Å². The summed E-state index contributed by atoms with van der Waals surface area (Å²) < 4.78 is 30.1. The maximum absolute atomic E-state index is 10.8. The van der Waals surface area contributed by atoms with E-state index in [1.54, 1.807) is 7.11 Å². The van der Waals surface area contributed by atoms with Gasteiger partial charge in [-0.05, 0) is 16.7 Å². The number of aliphatic hydroxyl groups is 1. The topological polar surface area (TPSA) is 66.4 Å². The van der Waals surface area contributed by atoms with Gasteiger partial charge in [0.2, 0.25) is 0 Å². The van der Waals surface area contributed by atoms with Crippen LogP contribution < -0.4 is 0 Å². The van der Waals surface area contributed by atoms with Crippen molar-refractivity contribution in [2.45, 2.75) is 50.5 Å². The monoisotopic (exact) mass is 464 g/mol. The van der Waals surface area contributed by atoms with Crippen LogP contribution in [0.4, 0.5) is 0 Å². The predicted molar refractivity (Wildman–Crippen MR) is 128 cm³/mol. The highest BCUT2D eigenvalue weighted by Crippen LogP contribution is 2.29. The van der Waals surface area contributed by atoms with Crippen molar-refractivity contribution in [3.63, 3.8) is 0 Å². The van der Waals surface area contributed by atoms with E-state index >= 15 is 0 Å². The lowest BCUT2D eigenvalue weighted by molar-refractivity contribution is -0.312. The Labute approximate surface area is 201 Å². The molecule has 180 valence electrons. The molecule has 4 rings (SSSR count). The third-order valence-electron chi connectivity index (χ3n) is 5.85. The summed E-state index contributed by atoms with van der Waals surface area (Å²) in [5, 5.41) is 10.8. The molecule has 1 saturated heterocycles. The molecule has 0 aromatic heterocycles. The molecule has 1 aliphatic heterocycles. The molecule has 34 heavy (non-hydrogen) atoms. The molecule has 0 aliphatic carbocycles. The van der Waals surface area contributed by atoms with Gasteiger partial charge in [0, 0.05) is 7.11 Å². The van der Waals surface area contributed by atoms with Crippen molar-refractivity contribution >= 4 is 0 Å². The number of benzene rings is 3. The number of ether oxygens (including phenoxy) is 5. The van der Waals surface area contributed by atoms with E-state index in [2.05, 4.69) is 0 Å². The Kier molecular flexibility index (Phi) is 9.21. The Morgan fingerprint density at radius 2 is 1.12 bits per heavy atom. The smallest absolute Gasteiger partial charge is 0.184 e. The Bertz CT molecular complexity index is 952. The zero-order chi connectivity index (χ0) is 23.6. The molecular formula is C28H32O6. The number of hydrogen-bond acceptors (Lipinski definition) is 6. The highest BCUT2D eigenvalue weighted by molar-refractivity contribution is 5.15. The van der Waals surface area contributed by atoms with Gasteiger partial charge >= 0.3 is 0 Å². The molecule has 1 aliphatic rings. The van der Waals surface area contributed by atoms with Gasteiger partial charge in [-0.3, -0.25) is 0 Å². The highest BCUT2D eigenvalue weighted by Gasteiger charge is 2.47. The Balaban J connectivity index is 1.45. The van der Waals surface area contributed by atoms with Crippen LogP contribution >= 0.6 is 0 Å². The summed E-state index contributed by atoms with van der Waals surface area (Å²) in [6, 6.07) is 29.6. The van der Waals surface area contributed by atoms with E-state index in [0.717, 1.165) is 16.7 Å². The average molecular weight is 465 g/mol. The zero-order valence-electron chi connectivity index (χ0n) is 19.4. The summed E-state index contributed by atoms with van der Waals surface area (Å²) in [6.45, 7) is 1.39. The lowest BCUT2D eigenvalue weighted by Gasteiger charge is -2.44. The van der Waals surface area contributed by atoms with E-state index in [0.29, 0.717) is 19.8 Å². The van der Waals surface area contributed by atoms with E-state index in [1.807, 2.05) is 91.0 Å². The van der Waals surface area contributed by atoms with Gasteiger partial charge in [0.25, 0.3) is 0 Å². The highest BCUT2D eigenvalue weighted by atomic mass is 16.7. The maximum Gasteiger partial charge on any atom is 0.184 e. The Hall–Kier alpha value is -2.58. The molecule has 1 heterocycles. The van der Waals surface area contributed by atoms with Gasteiger partial charge in [0.1, 0.15) is 24.4 Å². The van der Waals surface area contributed by atoms with Crippen LogP contribution in [0.5, 0.6) is 0 Å². The molecule has 1 fully saturated rings. The van der Waals surface area contributed by atoms with Crippen LogP contribution in [-0.2, 0) is 43.5 Å². The van der Waals surface area contributed by atoms with Crippen LogP contribution in [0.1, 0.15) is 16.7 Å². The number of aliphatic hydroxyl groups excluding tert-OH is 1. The minimum atomic E-state index is -1.17. The number of hydrogen-bond donors (Lipinski definition) is 1. The van der Waals surface area contributed by atoms with Crippen molar-refractivity contribution in [1.29, 1.82) is 0 Å². The van der Waals surface area contributed by atoms with Gasteiger partial charge in [0.15, 0.2) is 6.29 Å². The fourth-order valence-corrected chi connectivity index (χ4v) is 4.08. The Morgan fingerprint density at radius 1 is 0.647 bits per heavy atom. The van der Waals surface area contributed by atoms with Gasteiger partial charge in [-0.15, -0.1) is 0 Å². The maximum atomic E-state index is 10.8. The summed E-state index contributed by atoms with van der Waals surface area (Å²) in [6.07, 6.45) is -3.44. The molecule has 6 nitrogen and oxygen atoms in total. The molecule has 0 radical (unpaired) electrons. The lowest BCUT2D eigenvalue weighted by atomic mass is 9.98. The van der Waals surface area contributed by atoms with Crippen LogP contribution in [0.25, 0.3) is 0 Å². The van der Waals surface area contributed by atoms with Crippen LogP contribution in [-0.4, -0.2) is 49.5 Å². The molecule has 6 heteroatoms. The van der Waals surface area contributed by atoms with Crippen molar-refractivity contribution in [2.24, 2.45) is 0 Å². The molecule has 3 aromatic carbocycles. The molecule has 0 saturated carbocycles. The number of rotatable bonds is 11. The van der Waals surface area contributed by atoms with Crippen LogP contribution in [0.2, 0.25) is 0 Å². The summed E-state index contributed by atoms with van der Waals surface area (Å²) in [5.74, 6) is 0. The summed E-state index contributed by atoms with van der Waals surface area (Å²) in [7, 11) is 1.60. The fourth-order valence-electron chi connectivity index (χ4n) is 4.08. The summed E-state index contributed by atoms with van der Waals surface area (Å²) in [4.78, 5) is 0. The largest absolute Gasteiger partial charge is 0.376 e. The second-order valence-electron chi connectivity index (χ2n) is 8.29. The van der Waals surface area contributed by atoms with Gasteiger partial charge in [-0.1, -0.05) is 91.0 Å². The fraction of sp³-hybridized carbons (Fsp3) is 0.357. The lowest BCUT2D eigenvalue weighted by Crippen LogP contribution is -2.61. The van der Waals surface area contributed by atoms with Crippen molar-refractivity contribution in [3.05, 3.63) is 108 Å². The van der Waals surface area contributed by atoms with E-state index < -0.39 is 30.7 Å². The first kappa shape index (κ1) is 24.5. The minimum absolute atomic E-state index is 0.247. The molecule has 5 atom stereocenters. The van der Waals surface area contributed by atoms with Crippen LogP contribution in [0, 0.1) is 0 Å². The normalized spacial score (nSPS) is 24.7. The molecular weight excluding hydrogens is 432 g/mol. The first-order valence-electron chi connectivity index (χ1n) is 11.5. The molecule has 0 amide bonds.